The lowest BCUT2D eigenvalue weighted by atomic mass is 9.99. The summed E-state index contributed by atoms with van der Waals surface area (Å²) in [5.74, 6) is -0.812. The molecule has 1 aliphatic rings. The molecule has 0 aliphatic carbocycles. The van der Waals surface area contributed by atoms with Gasteiger partial charge < -0.3 is 39.4 Å². The number of aliphatic hydroxyl groups excluding tert-OH is 4. The van der Waals surface area contributed by atoms with Gasteiger partial charge in [0, 0.05) is 12.8 Å². The molecule has 300 valence electrons. The Kier molecular flexibility index (Phi) is 30.7. The normalized spacial score (nSPS) is 21.3. The number of aliphatic hydroxyl groups is 4. The number of rotatable bonds is 34. The molecule has 0 aromatic heterocycles. The van der Waals surface area contributed by atoms with Crippen molar-refractivity contribution in [2.75, 3.05) is 19.8 Å². The minimum absolute atomic E-state index is 0.217. The van der Waals surface area contributed by atoms with Crippen LogP contribution in [0.2, 0.25) is 0 Å². The summed E-state index contributed by atoms with van der Waals surface area (Å²) in [6.07, 6.45) is 25.1. The van der Waals surface area contributed by atoms with Crippen LogP contribution in [0.5, 0.6) is 0 Å². The van der Waals surface area contributed by atoms with Gasteiger partial charge in [-0.05, 0) is 32.1 Å². The molecule has 0 saturated carbocycles. The lowest BCUT2D eigenvalue weighted by molar-refractivity contribution is -0.305. The van der Waals surface area contributed by atoms with Crippen LogP contribution in [-0.2, 0) is 28.5 Å². The van der Waals surface area contributed by atoms with Gasteiger partial charge in [0.05, 0.1) is 13.2 Å². The summed E-state index contributed by atoms with van der Waals surface area (Å²) in [6.45, 7) is 3.38. The Labute approximate surface area is 310 Å². The number of ether oxygens (including phenoxy) is 4. The molecule has 1 rings (SSSR count). The van der Waals surface area contributed by atoms with Gasteiger partial charge in [0.25, 0.3) is 0 Å². The van der Waals surface area contributed by atoms with Crippen molar-refractivity contribution in [2.24, 2.45) is 0 Å². The number of carbonyl (C=O) groups excluding carboxylic acids is 2. The van der Waals surface area contributed by atoms with E-state index in [0.29, 0.717) is 6.42 Å². The van der Waals surface area contributed by atoms with Crippen LogP contribution in [0.3, 0.4) is 0 Å². The second kappa shape index (κ2) is 33.0. The largest absolute Gasteiger partial charge is 0.462 e. The molecule has 10 heteroatoms. The Hall–Kier alpha value is -1.56. The predicted molar refractivity (Wildman–Crippen MR) is 201 cm³/mol. The zero-order valence-electron chi connectivity index (χ0n) is 32.4. The van der Waals surface area contributed by atoms with Gasteiger partial charge in [-0.25, -0.2) is 0 Å². The van der Waals surface area contributed by atoms with Crippen molar-refractivity contribution in [1.29, 1.82) is 0 Å². The van der Waals surface area contributed by atoms with Crippen molar-refractivity contribution >= 4 is 11.9 Å². The van der Waals surface area contributed by atoms with Crippen molar-refractivity contribution < 1.29 is 49.0 Å². The monoisotopic (exact) mass is 729 g/mol. The van der Waals surface area contributed by atoms with Gasteiger partial charge in [0.2, 0.25) is 0 Å². The molecule has 2 unspecified atom stereocenters. The van der Waals surface area contributed by atoms with E-state index in [4.69, 9.17) is 18.9 Å². The number of esters is 2. The molecule has 1 fully saturated rings. The van der Waals surface area contributed by atoms with Crippen LogP contribution < -0.4 is 0 Å². The van der Waals surface area contributed by atoms with Crippen LogP contribution in [0.25, 0.3) is 0 Å². The molecule has 0 radical (unpaired) electrons. The van der Waals surface area contributed by atoms with E-state index in [2.05, 4.69) is 26.0 Å². The molecule has 0 aromatic rings. The van der Waals surface area contributed by atoms with E-state index < -0.39 is 49.4 Å². The SMILES string of the molecule is CCCC/C=C/CCCCCCCC(=O)OC[C@H](CO[C@@H]1O[C@H](CO)[C@H](O)C(O)C1O)OC(=O)CCCCCCCCCCCCCCCCC. The molecule has 0 amide bonds. The van der Waals surface area contributed by atoms with Gasteiger partial charge >= 0.3 is 11.9 Å². The zero-order valence-corrected chi connectivity index (χ0v) is 32.4. The van der Waals surface area contributed by atoms with Crippen LogP contribution in [0, 0.1) is 0 Å². The van der Waals surface area contributed by atoms with E-state index in [9.17, 15) is 30.0 Å². The minimum Gasteiger partial charge on any atom is -0.462 e. The maximum absolute atomic E-state index is 12.7. The quantitative estimate of drug-likeness (QED) is 0.0291. The summed E-state index contributed by atoms with van der Waals surface area (Å²) < 4.78 is 22.1. The highest BCUT2D eigenvalue weighted by atomic mass is 16.7. The maximum atomic E-state index is 12.7. The van der Waals surface area contributed by atoms with E-state index in [1.54, 1.807) is 0 Å². The van der Waals surface area contributed by atoms with Gasteiger partial charge in [-0.3, -0.25) is 9.59 Å². The lowest BCUT2D eigenvalue weighted by Crippen LogP contribution is -2.59. The number of hydrogen-bond acceptors (Lipinski definition) is 10. The van der Waals surface area contributed by atoms with Gasteiger partial charge in [-0.1, -0.05) is 148 Å². The summed E-state index contributed by atoms with van der Waals surface area (Å²) in [5.41, 5.74) is 0. The molecule has 6 atom stereocenters. The molecule has 0 spiro atoms. The van der Waals surface area contributed by atoms with E-state index in [1.165, 1.54) is 83.5 Å². The highest BCUT2D eigenvalue weighted by molar-refractivity contribution is 5.70. The third kappa shape index (κ3) is 25.2. The Morgan fingerprint density at radius 1 is 0.588 bits per heavy atom. The Balaban J connectivity index is 2.36. The highest BCUT2D eigenvalue weighted by Crippen LogP contribution is 2.22. The van der Waals surface area contributed by atoms with Crippen LogP contribution >= 0.6 is 0 Å². The standard InChI is InChI=1S/C41H76O10/c1-3-5-7-9-11-13-15-16-17-18-20-22-24-26-28-30-37(44)50-34(33-49-41-40(47)39(46)38(45)35(31-42)51-41)32-48-36(43)29-27-25-23-21-19-14-12-10-8-6-4-2/h10,12,34-35,38-42,45-47H,3-9,11,13-33H2,1-2H3/b12-10+/t34-,35-,38+,39?,40?,41-/m1/s1. The Morgan fingerprint density at radius 3 is 1.59 bits per heavy atom. The molecular formula is C41H76O10. The first-order valence-corrected chi connectivity index (χ1v) is 20.8. The van der Waals surface area contributed by atoms with Crippen molar-refractivity contribution in [3.63, 3.8) is 0 Å². The molecule has 0 aromatic carbocycles. The number of allylic oxidation sites excluding steroid dienone is 2. The smallest absolute Gasteiger partial charge is 0.306 e. The Morgan fingerprint density at radius 2 is 1.06 bits per heavy atom. The second-order valence-corrected chi connectivity index (χ2v) is 14.4. The number of unbranched alkanes of at least 4 members (excludes halogenated alkanes) is 21. The molecular weight excluding hydrogens is 652 g/mol. The molecule has 0 bridgehead atoms. The van der Waals surface area contributed by atoms with Crippen LogP contribution in [0.4, 0.5) is 0 Å². The fourth-order valence-electron chi connectivity index (χ4n) is 6.29. The maximum Gasteiger partial charge on any atom is 0.306 e. The fraction of sp³-hybridized carbons (Fsp3) is 0.902. The summed E-state index contributed by atoms with van der Waals surface area (Å²) in [6, 6.07) is 0. The van der Waals surface area contributed by atoms with E-state index >= 15 is 0 Å². The summed E-state index contributed by atoms with van der Waals surface area (Å²) in [7, 11) is 0. The second-order valence-electron chi connectivity index (χ2n) is 14.4. The molecule has 51 heavy (non-hydrogen) atoms. The van der Waals surface area contributed by atoms with Gasteiger partial charge in [0.1, 0.15) is 31.0 Å². The van der Waals surface area contributed by atoms with Crippen molar-refractivity contribution in [1.82, 2.24) is 0 Å². The van der Waals surface area contributed by atoms with Crippen molar-refractivity contribution in [2.45, 2.75) is 218 Å². The van der Waals surface area contributed by atoms with Crippen LogP contribution in [0.1, 0.15) is 181 Å². The topological polar surface area (TPSA) is 152 Å². The first kappa shape index (κ1) is 47.5. The van der Waals surface area contributed by atoms with Crippen LogP contribution in [-0.4, -0.2) is 89.0 Å². The van der Waals surface area contributed by atoms with Crippen LogP contribution in [0.15, 0.2) is 12.2 Å². The number of hydrogen-bond donors (Lipinski definition) is 4. The first-order valence-electron chi connectivity index (χ1n) is 20.8. The molecule has 1 heterocycles. The number of carbonyl (C=O) groups is 2. The first-order chi connectivity index (χ1) is 24.8. The molecule has 10 nitrogen and oxygen atoms in total. The average molecular weight is 729 g/mol. The minimum atomic E-state index is -1.59. The van der Waals surface area contributed by atoms with E-state index in [1.807, 2.05) is 0 Å². The van der Waals surface area contributed by atoms with Gasteiger partial charge in [-0.15, -0.1) is 0 Å². The van der Waals surface area contributed by atoms with E-state index in [0.717, 1.165) is 64.2 Å². The summed E-state index contributed by atoms with van der Waals surface area (Å²) in [5, 5.41) is 39.9. The predicted octanol–water partition coefficient (Wildman–Crippen LogP) is 8.00. The van der Waals surface area contributed by atoms with Gasteiger partial charge in [0.15, 0.2) is 12.4 Å². The van der Waals surface area contributed by atoms with E-state index in [-0.39, 0.29) is 32.0 Å². The average Bonchev–Trinajstić information content (AvgIpc) is 3.13. The molecule has 1 aliphatic heterocycles. The highest BCUT2D eigenvalue weighted by Gasteiger charge is 2.44. The molecule has 1 saturated heterocycles. The van der Waals surface area contributed by atoms with Crippen molar-refractivity contribution in [3.8, 4) is 0 Å². The molecule has 4 N–H and O–H groups in total. The van der Waals surface area contributed by atoms with Crippen molar-refractivity contribution in [3.05, 3.63) is 12.2 Å². The third-order valence-corrected chi connectivity index (χ3v) is 9.65. The lowest BCUT2D eigenvalue weighted by Gasteiger charge is -2.39. The third-order valence-electron chi connectivity index (χ3n) is 9.65. The summed E-state index contributed by atoms with van der Waals surface area (Å²) in [4.78, 5) is 25.2. The fourth-order valence-corrected chi connectivity index (χ4v) is 6.29. The summed E-state index contributed by atoms with van der Waals surface area (Å²) >= 11 is 0. The Bertz CT molecular complexity index is 850. The van der Waals surface area contributed by atoms with Gasteiger partial charge in [-0.2, -0.15) is 0 Å². The zero-order chi connectivity index (χ0) is 37.4.